The van der Waals surface area contributed by atoms with Crippen LogP contribution in [0.5, 0.6) is 0 Å². The van der Waals surface area contributed by atoms with E-state index in [0.29, 0.717) is 5.69 Å². The third-order valence-corrected chi connectivity index (χ3v) is 5.45. The summed E-state index contributed by atoms with van der Waals surface area (Å²) in [5, 5.41) is 2.65. The van der Waals surface area contributed by atoms with Crippen LogP contribution in [0.1, 0.15) is 42.3 Å². The maximum absolute atomic E-state index is 12.7. The average molecular weight is 419 g/mol. The predicted octanol–water partition coefficient (Wildman–Crippen LogP) is 3.17. The minimum Gasteiger partial charge on any atom is -0.449 e. The third kappa shape index (κ3) is 6.05. The van der Waals surface area contributed by atoms with Crippen LogP contribution >= 0.6 is 0 Å². The van der Waals surface area contributed by atoms with E-state index in [9.17, 15) is 18.0 Å². The Kier molecular flexibility index (Phi) is 7.02. The van der Waals surface area contributed by atoms with Gasteiger partial charge >= 0.3 is 5.97 Å². The van der Waals surface area contributed by atoms with Gasteiger partial charge in [-0.25, -0.2) is 13.2 Å². The standard InChI is InChI=1S/C21H26N2O5S/c1-13(2)22-20(24)16(5)28-21(25)17-7-6-8-18(12-17)29(26,27)23-19-10-9-14(3)11-15(19)4/h6-13,16,23H,1-5H3,(H,22,24)/t16-/m1/s1. The largest absolute Gasteiger partial charge is 0.449 e. The van der Waals surface area contributed by atoms with Gasteiger partial charge in [-0.15, -0.1) is 0 Å². The Bertz CT molecular complexity index is 1020. The fourth-order valence-electron chi connectivity index (χ4n) is 2.61. The van der Waals surface area contributed by atoms with Gasteiger partial charge in [0.1, 0.15) is 0 Å². The Balaban J connectivity index is 2.19. The molecule has 156 valence electrons. The average Bonchev–Trinajstić information content (AvgIpc) is 2.63. The van der Waals surface area contributed by atoms with Crippen LogP contribution in [0.3, 0.4) is 0 Å². The number of hydrogen-bond acceptors (Lipinski definition) is 5. The molecule has 0 unspecified atom stereocenters. The second kappa shape index (κ2) is 9.09. The predicted molar refractivity (Wildman–Crippen MR) is 111 cm³/mol. The van der Waals surface area contributed by atoms with E-state index in [1.807, 2.05) is 26.0 Å². The van der Waals surface area contributed by atoms with E-state index in [0.717, 1.165) is 11.1 Å². The zero-order chi connectivity index (χ0) is 21.8. The smallest absolute Gasteiger partial charge is 0.338 e. The number of anilines is 1. The molecule has 1 amide bonds. The van der Waals surface area contributed by atoms with Crippen LogP contribution in [0.4, 0.5) is 5.69 Å². The van der Waals surface area contributed by atoms with Gasteiger partial charge in [0.25, 0.3) is 15.9 Å². The quantitative estimate of drug-likeness (QED) is 0.673. The van der Waals surface area contributed by atoms with Gasteiger partial charge in [0.05, 0.1) is 16.1 Å². The van der Waals surface area contributed by atoms with Crippen molar-refractivity contribution in [3.8, 4) is 0 Å². The number of amides is 1. The van der Waals surface area contributed by atoms with Gasteiger partial charge in [0.2, 0.25) is 0 Å². The number of nitrogens with one attached hydrogen (secondary N) is 2. The molecule has 0 saturated heterocycles. The van der Waals surface area contributed by atoms with E-state index in [4.69, 9.17) is 4.74 Å². The summed E-state index contributed by atoms with van der Waals surface area (Å²) in [5.74, 6) is -1.20. The third-order valence-electron chi connectivity index (χ3n) is 4.09. The van der Waals surface area contributed by atoms with E-state index in [1.165, 1.54) is 31.2 Å². The van der Waals surface area contributed by atoms with Crippen LogP contribution in [0.15, 0.2) is 47.4 Å². The Morgan fingerprint density at radius 2 is 1.69 bits per heavy atom. The molecule has 0 radical (unpaired) electrons. The maximum atomic E-state index is 12.7. The molecule has 0 aliphatic rings. The molecule has 2 N–H and O–H groups in total. The minimum atomic E-state index is -3.90. The van der Waals surface area contributed by atoms with Crippen molar-refractivity contribution in [1.29, 1.82) is 0 Å². The number of carbonyl (C=O) groups is 2. The summed E-state index contributed by atoms with van der Waals surface area (Å²) in [7, 11) is -3.90. The SMILES string of the molecule is Cc1ccc(NS(=O)(=O)c2cccc(C(=O)O[C@H](C)C(=O)NC(C)C)c2)c(C)c1. The molecule has 0 aromatic heterocycles. The monoisotopic (exact) mass is 418 g/mol. The summed E-state index contributed by atoms with van der Waals surface area (Å²) in [4.78, 5) is 24.2. The molecule has 7 nitrogen and oxygen atoms in total. The number of hydrogen-bond donors (Lipinski definition) is 2. The molecule has 2 aromatic carbocycles. The van der Waals surface area contributed by atoms with Crippen LogP contribution in [0.2, 0.25) is 0 Å². The molecule has 0 aliphatic carbocycles. The Hall–Kier alpha value is -2.87. The number of esters is 1. The molecular weight excluding hydrogens is 392 g/mol. The fraction of sp³-hybridized carbons (Fsp3) is 0.333. The highest BCUT2D eigenvalue weighted by Crippen LogP contribution is 2.21. The normalized spacial score (nSPS) is 12.3. The second-order valence-corrected chi connectivity index (χ2v) is 8.84. The van der Waals surface area contributed by atoms with Gasteiger partial charge in [0.15, 0.2) is 6.10 Å². The van der Waals surface area contributed by atoms with E-state index in [2.05, 4.69) is 10.0 Å². The maximum Gasteiger partial charge on any atom is 0.338 e. The molecule has 0 heterocycles. The molecule has 1 atom stereocenters. The lowest BCUT2D eigenvalue weighted by Gasteiger charge is -2.16. The van der Waals surface area contributed by atoms with Gasteiger partial charge in [0, 0.05) is 6.04 Å². The van der Waals surface area contributed by atoms with E-state index in [1.54, 1.807) is 19.9 Å². The molecule has 2 rings (SSSR count). The lowest BCUT2D eigenvalue weighted by Crippen LogP contribution is -2.39. The van der Waals surface area contributed by atoms with Crippen molar-refractivity contribution in [3.63, 3.8) is 0 Å². The molecule has 0 spiro atoms. The van der Waals surface area contributed by atoms with Crippen molar-refractivity contribution >= 4 is 27.6 Å². The van der Waals surface area contributed by atoms with E-state index in [-0.39, 0.29) is 16.5 Å². The highest BCUT2D eigenvalue weighted by molar-refractivity contribution is 7.92. The molecule has 2 aromatic rings. The first-order valence-corrected chi connectivity index (χ1v) is 10.7. The highest BCUT2D eigenvalue weighted by Gasteiger charge is 2.22. The van der Waals surface area contributed by atoms with Gasteiger partial charge in [-0.2, -0.15) is 0 Å². The van der Waals surface area contributed by atoms with Crippen LogP contribution in [0, 0.1) is 13.8 Å². The van der Waals surface area contributed by atoms with E-state index >= 15 is 0 Å². The summed E-state index contributed by atoms with van der Waals surface area (Å²) in [6.07, 6.45) is -1.00. The van der Waals surface area contributed by atoms with Crippen molar-refractivity contribution in [2.45, 2.75) is 51.7 Å². The molecule has 29 heavy (non-hydrogen) atoms. The Morgan fingerprint density at radius 3 is 2.31 bits per heavy atom. The topological polar surface area (TPSA) is 102 Å². The summed E-state index contributed by atoms with van der Waals surface area (Å²) >= 11 is 0. The number of sulfonamides is 1. The van der Waals surface area contributed by atoms with Gasteiger partial charge in [-0.3, -0.25) is 9.52 Å². The van der Waals surface area contributed by atoms with Crippen molar-refractivity contribution in [2.75, 3.05) is 4.72 Å². The Morgan fingerprint density at radius 1 is 1.00 bits per heavy atom. The molecule has 8 heteroatoms. The first kappa shape index (κ1) is 22.4. The molecule has 0 saturated carbocycles. The lowest BCUT2D eigenvalue weighted by atomic mass is 10.1. The van der Waals surface area contributed by atoms with Crippen LogP contribution in [-0.2, 0) is 19.6 Å². The number of rotatable bonds is 7. The summed E-state index contributed by atoms with van der Waals surface area (Å²) in [5.41, 5.74) is 2.31. The van der Waals surface area contributed by atoms with Crippen molar-refractivity contribution in [3.05, 3.63) is 59.2 Å². The minimum absolute atomic E-state index is 0.0395. The van der Waals surface area contributed by atoms with Crippen molar-refractivity contribution < 1.29 is 22.7 Å². The zero-order valence-corrected chi connectivity index (χ0v) is 18.0. The van der Waals surface area contributed by atoms with Crippen LogP contribution in [-0.4, -0.2) is 32.4 Å². The number of benzene rings is 2. The van der Waals surface area contributed by atoms with Crippen LogP contribution in [0.25, 0.3) is 0 Å². The van der Waals surface area contributed by atoms with Gasteiger partial charge in [-0.05, 0) is 64.4 Å². The Labute approximate surface area is 171 Å². The fourth-order valence-corrected chi connectivity index (χ4v) is 3.78. The summed E-state index contributed by atoms with van der Waals surface area (Å²) in [6, 6.07) is 10.8. The first-order chi connectivity index (χ1) is 13.5. The van der Waals surface area contributed by atoms with Gasteiger partial charge < -0.3 is 10.1 Å². The summed E-state index contributed by atoms with van der Waals surface area (Å²) < 4.78 is 33.2. The molecule has 0 fully saturated rings. The zero-order valence-electron chi connectivity index (χ0n) is 17.1. The molecular formula is C21H26N2O5S. The first-order valence-electron chi connectivity index (χ1n) is 9.21. The number of aryl methyl sites for hydroxylation is 2. The van der Waals surface area contributed by atoms with Crippen LogP contribution < -0.4 is 10.0 Å². The van der Waals surface area contributed by atoms with E-state index < -0.39 is 28.0 Å². The highest BCUT2D eigenvalue weighted by atomic mass is 32.2. The molecule has 0 aliphatic heterocycles. The summed E-state index contributed by atoms with van der Waals surface area (Å²) in [6.45, 7) is 8.77. The number of ether oxygens (including phenoxy) is 1. The number of carbonyl (C=O) groups excluding carboxylic acids is 2. The lowest BCUT2D eigenvalue weighted by molar-refractivity contribution is -0.129. The second-order valence-electron chi connectivity index (χ2n) is 7.16. The molecule has 0 bridgehead atoms. The van der Waals surface area contributed by atoms with Crippen molar-refractivity contribution in [2.24, 2.45) is 0 Å². The van der Waals surface area contributed by atoms with Gasteiger partial charge in [-0.1, -0.05) is 23.8 Å². The van der Waals surface area contributed by atoms with Crippen molar-refractivity contribution in [1.82, 2.24) is 5.32 Å².